The summed E-state index contributed by atoms with van der Waals surface area (Å²) in [5, 5.41) is 0. The summed E-state index contributed by atoms with van der Waals surface area (Å²) in [4.78, 5) is 17.1. The summed E-state index contributed by atoms with van der Waals surface area (Å²) in [7, 11) is 5.22. The topological polar surface area (TPSA) is 42.0 Å². The van der Waals surface area contributed by atoms with Gasteiger partial charge in [-0.2, -0.15) is 0 Å². The number of methoxy groups -OCH3 is 2. The molecule has 2 aromatic rings. The molecule has 0 aromatic heterocycles. The molecule has 3 rings (SSSR count). The van der Waals surface area contributed by atoms with E-state index in [1.807, 2.05) is 42.3 Å². The summed E-state index contributed by atoms with van der Waals surface area (Å²) in [5.41, 5.74) is 2.26. The maximum Gasteiger partial charge on any atom is 0.237 e. The van der Waals surface area contributed by atoms with Crippen molar-refractivity contribution in [3.63, 3.8) is 0 Å². The normalized spacial score (nSPS) is 17.9. The summed E-state index contributed by atoms with van der Waals surface area (Å²) >= 11 is 0. The molecule has 5 heteroatoms. The van der Waals surface area contributed by atoms with Gasteiger partial charge in [-0.1, -0.05) is 36.4 Å². The standard InChI is InChI=1S/C23H30N2O3/c1-17(18-9-6-5-7-10-18)24(2)23(26)16-25-14-8-11-21(25)20-13-12-19(27-3)15-22(20)28-4/h5-7,9-10,12-13,15,17,21H,8,11,14,16H2,1-4H3/t17-,21+/m0/s1. The Morgan fingerprint density at radius 2 is 1.93 bits per heavy atom. The molecule has 1 amide bonds. The molecule has 0 saturated carbocycles. The Morgan fingerprint density at radius 1 is 1.18 bits per heavy atom. The molecule has 150 valence electrons. The number of amides is 1. The molecule has 0 aliphatic carbocycles. The van der Waals surface area contributed by atoms with Crippen molar-refractivity contribution in [1.29, 1.82) is 0 Å². The molecule has 2 aromatic carbocycles. The molecule has 5 nitrogen and oxygen atoms in total. The van der Waals surface area contributed by atoms with Gasteiger partial charge < -0.3 is 14.4 Å². The summed E-state index contributed by atoms with van der Waals surface area (Å²) in [6, 6.07) is 16.3. The lowest BCUT2D eigenvalue weighted by Gasteiger charge is -2.30. The number of benzene rings is 2. The lowest BCUT2D eigenvalue weighted by atomic mass is 10.0. The van der Waals surface area contributed by atoms with Gasteiger partial charge in [-0.3, -0.25) is 9.69 Å². The van der Waals surface area contributed by atoms with Crippen LogP contribution >= 0.6 is 0 Å². The van der Waals surface area contributed by atoms with Gasteiger partial charge in [0.1, 0.15) is 11.5 Å². The predicted octanol–water partition coefficient (Wildman–Crippen LogP) is 4.06. The highest BCUT2D eigenvalue weighted by molar-refractivity contribution is 5.78. The molecule has 0 N–H and O–H groups in total. The van der Waals surface area contributed by atoms with E-state index in [1.54, 1.807) is 14.2 Å². The molecule has 1 aliphatic rings. The zero-order valence-corrected chi connectivity index (χ0v) is 17.2. The second-order valence-electron chi connectivity index (χ2n) is 7.33. The van der Waals surface area contributed by atoms with Gasteiger partial charge in [0, 0.05) is 24.7 Å². The van der Waals surface area contributed by atoms with Crippen LogP contribution in [0, 0.1) is 0 Å². The van der Waals surface area contributed by atoms with E-state index in [1.165, 1.54) is 0 Å². The summed E-state index contributed by atoms with van der Waals surface area (Å²) in [6.07, 6.45) is 2.10. The van der Waals surface area contributed by atoms with Crippen LogP contribution in [-0.2, 0) is 4.79 Å². The molecule has 1 heterocycles. The lowest BCUT2D eigenvalue weighted by molar-refractivity contribution is -0.133. The van der Waals surface area contributed by atoms with E-state index in [9.17, 15) is 4.79 Å². The zero-order valence-electron chi connectivity index (χ0n) is 17.2. The van der Waals surface area contributed by atoms with Gasteiger partial charge in [-0.15, -0.1) is 0 Å². The number of rotatable bonds is 7. The van der Waals surface area contributed by atoms with Gasteiger partial charge >= 0.3 is 0 Å². The molecule has 28 heavy (non-hydrogen) atoms. The van der Waals surface area contributed by atoms with E-state index in [0.29, 0.717) is 6.54 Å². The van der Waals surface area contributed by atoms with Gasteiger partial charge in [0.15, 0.2) is 0 Å². The van der Waals surface area contributed by atoms with Crippen molar-refractivity contribution in [3.05, 3.63) is 59.7 Å². The maximum absolute atomic E-state index is 13.0. The number of likely N-dealkylation sites (tertiary alicyclic amines) is 1. The van der Waals surface area contributed by atoms with Crippen LogP contribution in [0.4, 0.5) is 0 Å². The fraction of sp³-hybridized carbons (Fsp3) is 0.435. The van der Waals surface area contributed by atoms with Gasteiger partial charge in [0.2, 0.25) is 5.91 Å². The summed E-state index contributed by atoms with van der Waals surface area (Å²) < 4.78 is 10.9. The molecule has 2 atom stereocenters. The van der Waals surface area contributed by atoms with Crippen LogP contribution < -0.4 is 9.47 Å². The minimum Gasteiger partial charge on any atom is -0.497 e. The van der Waals surface area contributed by atoms with Crippen molar-refractivity contribution in [2.24, 2.45) is 0 Å². The van der Waals surface area contributed by atoms with Crippen molar-refractivity contribution < 1.29 is 14.3 Å². The van der Waals surface area contributed by atoms with E-state index < -0.39 is 0 Å². The van der Waals surface area contributed by atoms with Gasteiger partial charge in [-0.05, 0) is 37.9 Å². The first-order chi connectivity index (χ1) is 13.5. The summed E-state index contributed by atoms with van der Waals surface area (Å²) in [5.74, 6) is 1.73. The van der Waals surface area contributed by atoms with Crippen LogP contribution in [-0.4, -0.2) is 50.1 Å². The van der Waals surface area contributed by atoms with E-state index in [4.69, 9.17) is 9.47 Å². The van der Waals surface area contributed by atoms with E-state index in [-0.39, 0.29) is 18.0 Å². The second kappa shape index (κ2) is 9.11. The number of nitrogens with zero attached hydrogens (tertiary/aromatic N) is 2. The van der Waals surface area contributed by atoms with Crippen LogP contribution in [0.2, 0.25) is 0 Å². The Morgan fingerprint density at radius 3 is 2.61 bits per heavy atom. The molecule has 0 bridgehead atoms. The molecule has 1 aliphatic heterocycles. The quantitative estimate of drug-likeness (QED) is 0.724. The van der Waals surface area contributed by atoms with E-state index in [2.05, 4.69) is 30.0 Å². The molecular formula is C23H30N2O3. The van der Waals surface area contributed by atoms with Crippen molar-refractivity contribution in [3.8, 4) is 11.5 Å². The number of hydrogen-bond donors (Lipinski definition) is 0. The molecule has 0 radical (unpaired) electrons. The summed E-state index contributed by atoms with van der Waals surface area (Å²) in [6.45, 7) is 3.40. The Hall–Kier alpha value is -2.53. The maximum atomic E-state index is 13.0. The van der Waals surface area contributed by atoms with Crippen LogP contribution in [0.25, 0.3) is 0 Å². The Balaban J connectivity index is 1.72. The predicted molar refractivity (Wildman–Crippen MR) is 111 cm³/mol. The van der Waals surface area contributed by atoms with Crippen molar-refractivity contribution in [2.75, 3.05) is 34.4 Å². The Bertz CT molecular complexity index is 794. The van der Waals surface area contributed by atoms with Crippen molar-refractivity contribution in [1.82, 2.24) is 9.80 Å². The lowest BCUT2D eigenvalue weighted by Crippen LogP contribution is -2.39. The zero-order chi connectivity index (χ0) is 20.1. The monoisotopic (exact) mass is 382 g/mol. The fourth-order valence-electron chi connectivity index (χ4n) is 3.92. The van der Waals surface area contributed by atoms with Crippen LogP contribution in [0.3, 0.4) is 0 Å². The minimum atomic E-state index is 0.0466. The first kappa shape index (κ1) is 20.2. The number of hydrogen-bond acceptors (Lipinski definition) is 4. The second-order valence-corrected chi connectivity index (χ2v) is 7.33. The van der Waals surface area contributed by atoms with Crippen LogP contribution in [0.15, 0.2) is 48.5 Å². The smallest absolute Gasteiger partial charge is 0.237 e. The minimum absolute atomic E-state index is 0.0466. The molecule has 1 fully saturated rings. The highest BCUT2D eigenvalue weighted by Crippen LogP contribution is 2.38. The average Bonchev–Trinajstić information content (AvgIpc) is 3.20. The third-order valence-electron chi connectivity index (χ3n) is 5.76. The molecule has 1 saturated heterocycles. The van der Waals surface area contributed by atoms with Crippen molar-refractivity contribution >= 4 is 5.91 Å². The van der Waals surface area contributed by atoms with Crippen LogP contribution in [0.1, 0.15) is 43.0 Å². The number of carbonyl (C=O) groups excluding carboxylic acids is 1. The highest BCUT2D eigenvalue weighted by Gasteiger charge is 2.31. The first-order valence-corrected chi connectivity index (χ1v) is 9.81. The number of ether oxygens (including phenoxy) is 2. The van der Waals surface area contributed by atoms with Gasteiger partial charge in [0.05, 0.1) is 26.8 Å². The third kappa shape index (κ3) is 4.30. The van der Waals surface area contributed by atoms with E-state index >= 15 is 0 Å². The number of likely N-dealkylation sites (N-methyl/N-ethyl adjacent to an activating group) is 1. The molecule has 0 spiro atoms. The molecular weight excluding hydrogens is 352 g/mol. The third-order valence-corrected chi connectivity index (χ3v) is 5.76. The largest absolute Gasteiger partial charge is 0.497 e. The van der Waals surface area contributed by atoms with Crippen molar-refractivity contribution in [2.45, 2.75) is 31.8 Å². The van der Waals surface area contributed by atoms with Gasteiger partial charge in [-0.25, -0.2) is 0 Å². The number of carbonyl (C=O) groups is 1. The average molecular weight is 383 g/mol. The SMILES string of the molecule is COc1ccc([C@H]2CCCN2CC(=O)N(C)[C@@H](C)c2ccccc2)c(OC)c1. The fourth-order valence-corrected chi connectivity index (χ4v) is 3.92. The van der Waals surface area contributed by atoms with E-state index in [0.717, 1.165) is 42.0 Å². The Labute approximate surface area is 167 Å². The van der Waals surface area contributed by atoms with Crippen LogP contribution in [0.5, 0.6) is 11.5 Å². The highest BCUT2D eigenvalue weighted by atomic mass is 16.5. The Kier molecular flexibility index (Phi) is 6.57. The first-order valence-electron chi connectivity index (χ1n) is 9.81. The van der Waals surface area contributed by atoms with Gasteiger partial charge in [0.25, 0.3) is 0 Å². The molecule has 0 unspecified atom stereocenters.